The van der Waals surface area contributed by atoms with Crippen molar-refractivity contribution >= 4 is 16.8 Å². The van der Waals surface area contributed by atoms with Gasteiger partial charge in [-0.2, -0.15) is 0 Å². The Labute approximate surface area is 119 Å². The fourth-order valence-electron chi connectivity index (χ4n) is 3.78. The van der Waals surface area contributed by atoms with Crippen LogP contribution < -0.4 is 10.2 Å². The summed E-state index contributed by atoms with van der Waals surface area (Å²) in [5.74, 6) is 1.86. The van der Waals surface area contributed by atoms with Crippen molar-refractivity contribution < 1.29 is 4.42 Å². The molecule has 2 aromatic heterocycles. The number of nitrogens with one attached hydrogen (secondary N) is 1. The number of aromatic nitrogens is 1. The van der Waals surface area contributed by atoms with Crippen LogP contribution in [0.15, 0.2) is 29.0 Å². The highest BCUT2D eigenvalue weighted by molar-refractivity contribution is 5.88. The molecule has 2 fully saturated rings. The second-order valence-electron chi connectivity index (χ2n) is 6.02. The molecule has 0 amide bonds. The first kappa shape index (κ1) is 12.2. The van der Waals surface area contributed by atoms with Crippen LogP contribution in [0.4, 0.5) is 5.82 Å². The van der Waals surface area contributed by atoms with Crippen LogP contribution >= 0.6 is 0 Å². The van der Waals surface area contributed by atoms with Gasteiger partial charge in [0.2, 0.25) is 0 Å². The Bertz CT molecular complexity index is 588. The summed E-state index contributed by atoms with van der Waals surface area (Å²) >= 11 is 0. The Kier molecular flexibility index (Phi) is 3.11. The van der Waals surface area contributed by atoms with Gasteiger partial charge in [-0.25, -0.2) is 4.98 Å². The summed E-state index contributed by atoms with van der Waals surface area (Å²) in [4.78, 5) is 7.06. The molecule has 0 radical (unpaired) electrons. The number of hydrogen-bond donors (Lipinski definition) is 1. The number of fused-ring (bicyclic) bond motifs is 1. The van der Waals surface area contributed by atoms with E-state index in [0.29, 0.717) is 6.04 Å². The zero-order valence-electron chi connectivity index (χ0n) is 11.7. The Balaban J connectivity index is 1.59. The van der Waals surface area contributed by atoms with Gasteiger partial charge in [0.15, 0.2) is 0 Å². The number of piperidine rings is 1. The molecule has 20 heavy (non-hydrogen) atoms. The fourth-order valence-corrected chi connectivity index (χ4v) is 3.78. The van der Waals surface area contributed by atoms with Crippen molar-refractivity contribution in [3.8, 4) is 0 Å². The molecular formula is C16H21N3O. The van der Waals surface area contributed by atoms with Crippen LogP contribution in [0.5, 0.6) is 0 Å². The summed E-state index contributed by atoms with van der Waals surface area (Å²) in [5, 5.41) is 4.81. The molecule has 0 aromatic carbocycles. The average molecular weight is 271 g/mol. The van der Waals surface area contributed by atoms with E-state index in [-0.39, 0.29) is 0 Å². The summed E-state index contributed by atoms with van der Waals surface area (Å²) in [6.07, 6.45) is 8.89. The predicted molar refractivity (Wildman–Crippen MR) is 80.0 cm³/mol. The van der Waals surface area contributed by atoms with Crippen molar-refractivity contribution in [1.29, 1.82) is 0 Å². The van der Waals surface area contributed by atoms with E-state index in [4.69, 9.17) is 4.42 Å². The third-order valence-electron chi connectivity index (χ3n) is 4.78. The number of pyridine rings is 1. The van der Waals surface area contributed by atoms with E-state index in [1.54, 1.807) is 6.26 Å². The molecule has 2 aromatic rings. The van der Waals surface area contributed by atoms with Gasteiger partial charge in [0.1, 0.15) is 11.4 Å². The zero-order chi connectivity index (χ0) is 13.4. The summed E-state index contributed by atoms with van der Waals surface area (Å²) < 4.78 is 5.50. The molecule has 1 N–H and O–H groups in total. The topological polar surface area (TPSA) is 41.3 Å². The van der Waals surface area contributed by atoms with Gasteiger partial charge in [-0.05, 0) is 50.3 Å². The number of anilines is 1. The van der Waals surface area contributed by atoms with Gasteiger partial charge in [0, 0.05) is 25.3 Å². The molecule has 106 valence electrons. The molecule has 4 nitrogen and oxygen atoms in total. The standard InChI is InChI=1S/C16H21N3O/c1-4-14(17-7-1)12-3-2-9-19(11-12)16-13-6-10-20-15(13)5-8-18-16/h5-6,8,10,12,14,17H,1-4,7,9,11H2. The minimum absolute atomic E-state index is 0.710. The lowest BCUT2D eigenvalue weighted by Gasteiger charge is -2.36. The van der Waals surface area contributed by atoms with E-state index in [2.05, 4.69) is 15.2 Å². The summed E-state index contributed by atoms with van der Waals surface area (Å²) in [7, 11) is 0. The maximum atomic E-state index is 5.50. The Hall–Kier alpha value is -1.55. The van der Waals surface area contributed by atoms with Crippen molar-refractivity contribution in [2.45, 2.75) is 31.7 Å². The monoisotopic (exact) mass is 271 g/mol. The van der Waals surface area contributed by atoms with Crippen LogP contribution in [0.3, 0.4) is 0 Å². The summed E-state index contributed by atoms with van der Waals surface area (Å²) in [5.41, 5.74) is 0.941. The smallest absolute Gasteiger partial charge is 0.139 e. The molecule has 0 saturated carbocycles. The number of nitrogens with zero attached hydrogens (tertiary/aromatic N) is 2. The van der Waals surface area contributed by atoms with Crippen molar-refractivity contribution in [2.75, 3.05) is 24.5 Å². The van der Waals surface area contributed by atoms with E-state index >= 15 is 0 Å². The first-order chi connectivity index (χ1) is 9.92. The largest absolute Gasteiger partial charge is 0.464 e. The Morgan fingerprint density at radius 3 is 3.15 bits per heavy atom. The molecule has 2 saturated heterocycles. The van der Waals surface area contributed by atoms with Gasteiger partial charge >= 0.3 is 0 Å². The molecule has 2 aliphatic rings. The average Bonchev–Trinajstić information content (AvgIpc) is 3.18. The van der Waals surface area contributed by atoms with Crippen LogP contribution in [0.25, 0.3) is 11.0 Å². The lowest BCUT2D eigenvalue weighted by Crippen LogP contribution is -2.43. The minimum Gasteiger partial charge on any atom is -0.464 e. The molecule has 0 aliphatic carbocycles. The highest BCUT2D eigenvalue weighted by Crippen LogP contribution is 2.31. The molecule has 2 unspecified atom stereocenters. The lowest BCUT2D eigenvalue weighted by molar-refractivity contribution is 0.328. The Morgan fingerprint density at radius 2 is 2.25 bits per heavy atom. The highest BCUT2D eigenvalue weighted by Gasteiger charge is 2.30. The molecule has 4 rings (SSSR count). The first-order valence-electron chi connectivity index (χ1n) is 7.72. The van der Waals surface area contributed by atoms with Crippen molar-refractivity contribution in [3.05, 3.63) is 24.6 Å². The lowest BCUT2D eigenvalue weighted by atomic mass is 9.89. The normalized spacial score (nSPS) is 27.3. The van der Waals surface area contributed by atoms with Gasteiger partial charge in [0.05, 0.1) is 11.6 Å². The van der Waals surface area contributed by atoms with E-state index < -0.39 is 0 Å². The van der Waals surface area contributed by atoms with Gasteiger partial charge in [-0.15, -0.1) is 0 Å². The molecule has 2 aliphatic heterocycles. The number of hydrogen-bond acceptors (Lipinski definition) is 4. The quantitative estimate of drug-likeness (QED) is 0.912. The maximum absolute atomic E-state index is 5.50. The second kappa shape index (κ2) is 5.09. The van der Waals surface area contributed by atoms with E-state index in [0.717, 1.165) is 35.8 Å². The van der Waals surface area contributed by atoms with E-state index in [9.17, 15) is 0 Å². The molecule has 2 atom stereocenters. The molecule has 4 heterocycles. The van der Waals surface area contributed by atoms with E-state index in [1.807, 2.05) is 18.3 Å². The molecule has 0 bridgehead atoms. The van der Waals surface area contributed by atoms with Gasteiger partial charge in [0.25, 0.3) is 0 Å². The first-order valence-corrected chi connectivity index (χ1v) is 7.72. The number of furan rings is 1. The van der Waals surface area contributed by atoms with Crippen molar-refractivity contribution in [3.63, 3.8) is 0 Å². The van der Waals surface area contributed by atoms with Gasteiger partial charge < -0.3 is 14.6 Å². The summed E-state index contributed by atoms with van der Waals surface area (Å²) in [6, 6.07) is 4.69. The zero-order valence-corrected chi connectivity index (χ0v) is 11.7. The highest BCUT2D eigenvalue weighted by atomic mass is 16.3. The van der Waals surface area contributed by atoms with E-state index in [1.165, 1.54) is 32.2 Å². The van der Waals surface area contributed by atoms with Crippen LogP contribution in [0, 0.1) is 5.92 Å². The second-order valence-corrected chi connectivity index (χ2v) is 6.02. The van der Waals surface area contributed by atoms with Gasteiger partial charge in [-0.1, -0.05) is 0 Å². The molecule has 4 heteroatoms. The van der Waals surface area contributed by atoms with Crippen LogP contribution in [-0.2, 0) is 0 Å². The third-order valence-corrected chi connectivity index (χ3v) is 4.78. The SMILES string of the molecule is c1cc2occc2c(N2CCCC(C3CCCN3)C2)n1. The maximum Gasteiger partial charge on any atom is 0.139 e. The van der Waals surface area contributed by atoms with Crippen molar-refractivity contribution in [2.24, 2.45) is 5.92 Å². The van der Waals surface area contributed by atoms with Crippen LogP contribution in [0.2, 0.25) is 0 Å². The number of rotatable bonds is 2. The molecular weight excluding hydrogens is 250 g/mol. The summed E-state index contributed by atoms with van der Waals surface area (Å²) in [6.45, 7) is 3.42. The van der Waals surface area contributed by atoms with Crippen LogP contribution in [-0.4, -0.2) is 30.7 Å². The predicted octanol–water partition coefficient (Wildman–Crippen LogP) is 2.80. The fraction of sp³-hybridized carbons (Fsp3) is 0.562. The van der Waals surface area contributed by atoms with Crippen molar-refractivity contribution in [1.82, 2.24) is 10.3 Å². The van der Waals surface area contributed by atoms with Gasteiger partial charge in [-0.3, -0.25) is 0 Å². The molecule has 0 spiro atoms. The van der Waals surface area contributed by atoms with Crippen LogP contribution in [0.1, 0.15) is 25.7 Å². The Morgan fingerprint density at radius 1 is 1.25 bits per heavy atom. The minimum atomic E-state index is 0.710. The third kappa shape index (κ3) is 2.08.